The second kappa shape index (κ2) is 11.2. The Morgan fingerprint density at radius 3 is 2.76 bits per heavy atom. The van der Waals surface area contributed by atoms with Gasteiger partial charge in [-0.3, -0.25) is 19.2 Å². The van der Waals surface area contributed by atoms with Crippen LogP contribution in [0.15, 0.2) is 67.0 Å². The molecule has 2 amide bonds. The maximum atomic E-state index is 15.5. The number of aromatic nitrogens is 4. The van der Waals surface area contributed by atoms with Gasteiger partial charge in [0.1, 0.15) is 17.3 Å². The zero-order chi connectivity index (χ0) is 28.5. The summed E-state index contributed by atoms with van der Waals surface area (Å²) in [6, 6.07) is 15.6. The molecule has 1 atom stereocenters. The van der Waals surface area contributed by atoms with Gasteiger partial charge in [0.15, 0.2) is 0 Å². The van der Waals surface area contributed by atoms with Gasteiger partial charge < -0.3 is 10.6 Å². The van der Waals surface area contributed by atoms with E-state index in [0.717, 1.165) is 39.9 Å². The van der Waals surface area contributed by atoms with Crippen molar-refractivity contribution in [3.05, 3.63) is 83.9 Å². The van der Waals surface area contributed by atoms with Gasteiger partial charge >= 0.3 is 0 Å². The van der Waals surface area contributed by atoms with E-state index in [2.05, 4.69) is 25.9 Å². The molecule has 1 aliphatic heterocycles. The molecular weight excluding hydrogens is 541 g/mol. The largest absolute Gasteiger partial charge is 0.355 e. The van der Waals surface area contributed by atoms with Crippen LogP contribution in [0.1, 0.15) is 33.6 Å². The summed E-state index contributed by atoms with van der Waals surface area (Å²) in [4.78, 5) is 33.6. The number of hydrogen-bond donors (Lipinski definition) is 2. The third kappa shape index (κ3) is 5.21. The summed E-state index contributed by atoms with van der Waals surface area (Å²) in [5.74, 6) is -0.750. The Bertz CT molecular complexity index is 1760. The summed E-state index contributed by atoms with van der Waals surface area (Å²) >= 11 is 1.55. The lowest BCUT2D eigenvalue weighted by Crippen LogP contribution is -2.49. The fourth-order valence-corrected chi connectivity index (χ4v) is 6.23. The minimum atomic E-state index is -0.629. The van der Waals surface area contributed by atoms with Crippen LogP contribution in [0.2, 0.25) is 0 Å². The SMILES string of the molecule is CNC(=O)c1cccc(-c2cc3c(N(C(=O)c4ccc(-c5cn(C)nn5)cc4F)[C@@H]4CCCNC4)nccc3s2)c1. The molecule has 9 nitrogen and oxygen atoms in total. The topological polar surface area (TPSA) is 105 Å². The van der Waals surface area contributed by atoms with E-state index in [1.165, 1.54) is 12.1 Å². The lowest BCUT2D eigenvalue weighted by molar-refractivity contribution is 0.0957. The van der Waals surface area contributed by atoms with E-state index in [1.807, 2.05) is 30.3 Å². The zero-order valence-corrected chi connectivity index (χ0v) is 23.4. The van der Waals surface area contributed by atoms with Crippen LogP contribution >= 0.6 is 11.3 Å². The van der Waals surface area contributed by atoms with Gasteiger partial charge in [0.05, 0.1) is 17.8 Å². The van der Waals surface area contributed by atoms with Crippen LogP contribution in [-0.2, 0) is 7.05 Å². The highest BCUT2D eigenvalue weighted by atomic mass is 32.1. The van der Waals surface area contributed by atoms with Crippen LogP contribution in [0, 0.1) is 5.82 Å². The van der Waals surface area contributed by atoms with Gasteiger partial charge in [0.2, 0.25) is 0 Å². The summed E-state index contributed by atoms with van der Waals surface area (Å²) in [6.45, 7) is 1.44. The first-order valence-electron chi connectivity index (χ1n) is 13.3. The third-order valence-electron chi connectivity index (χ3n) is 7.24. The van der Waals surface area contributed by atoms with Crippen LogP contribution in [0.25, 0.3) is 31.8 Å². The molecule has 2 N–H and O–H groups in total. The van der Waals surface area contributed by atoms with E-state index >= 15 is 4.39 Å². The predicted molar refractivity (Wildman–Crippen MR) is 158 cm³/mol. The predicted octanol–water partition coefficient (Wildman–Crippen LogP) is 4.66. The second-order valence-electron chi connectivity index (χ2n) is 9.96. The van der Waals surface area contributed by atoms with Gasteiger partial charge in [-0.1, -0.05) is 23.4 Å². The molecule has 41 heavy (non-hydrogen) atoms. The molecule has 11 heteroatoms. The van der Waals surface area contributed by atoms with E-state index in [9.17, 15) is 9.59 Å². The highest BCUT2D eigenvalue weighted by molar-refractivity contribution is 7.22. The number of thiophene rings is 1. The van der Waals surface area contributed by atoms with E-state index in [1.54, 1.807) is 59.5 Å². The monoisotopic (exact) mass is 569 g/mol. The van der Waals surface area contributed by atoms with Gasteiger partial charge in [0.25, 0.3) is 11.8 Å². The summed E-state index contributed by atoms with van der Waals surface area (Å²) in [6.07, 6.45) is 5.03. The quantitative estimate of drug-likeness (QED) is 0.308. The van der Waals surface area contributed by atoms with Crippen molar-refractivity contribution in [1.82, 2.24) is 30.6 Å². The van der Waals surface area contributed by atoms with E-state index < -0.39 is 11.7 Å². The van der Waals surface area contributed by atoms with Crippen molar-refractivity contribution in [2.75, 3.05) is 25.0 Å². The number of carbonyl (C=O) groups is 2. The minimum absolute atomic E-state index is 0.0317. The van der Waals surface area contributed by atoms with Crippen molar-refractivity contribution >= 4 is 39.1 Å². The Kier molecular flexibility index (Phi) is 7.29. The molecule has 4 heterocycles. The fourth-order valence-electron chi connectivity index (χ4n) is 5.19. The first-order valence-corrected chi connectivity index (χ1v) is 14.2. The number of hydrogen-bond acceptors (Lipinski definition) is 7. The molecule has 1 fully saturated rings. The van der Waals surface area contributed by atoms with E-state index in [0.29, 0.717) is 29.2 Å². The van der Waals surface area contributed by atoms with Gasteiger partial charge in [-0.05, 0) is 61.3 Å². The molecule has 1 aliphatic rings. The molecule has 0 bridgehead atoms. The first-order chi connectivity index (χ1) is 19.9. The molecule has 0 spiro atoms. The lowest BCUT2D eigenvalue weighted by atomic mass is 10.0. The van der Waals surface area contributed by atoms with Crippen LogP contribution in [-0.4, -0.2) is 58.0 Å². The molecule has 0 aliphatic carbocycles. The normalized spacial score (nSPS) is 15.1. The van der Waals surface area contributed by atoms with Crippen LogP contribution in [0.3, 0.4) is 0 Å². The molecule has 5 aromatic rings. The van der Waals surface area contributed by atoms with Crippen LogP contribution in [0.4, 0.5) is 10.2 Å². The summed E-state index contributed by atoms with van der Waals surface area (Å²) < 4.78 is 18.0. The number of anilines is 1. The molecule has 0 saturated carbocycles. The second-order valence-corrected chi connectivity index (χ2v) is 11.0. The van der Waals surface area contributed by atoms with E-state index in [-0.39, 0.29) is 17.5 Å². The first kappa shape index (κ1) is 26.7. The summed E-state index contributed by atoms with van der Waals surface area (Å²) in [7, 11) is 3.34. The molecule has 6 rings (SSSR count). The Morgan fingerprint density at radius 2 is 2.02 bits per heavy atom. The number of halogens is 1. The molecule has 3 aromatic heterocycles. The Balaban J connectivity index is 1.42. The maximum absolute atomic E-state index is 15.5. The van der Waals surface area contributed by atoms with Crippen molar-refractivity contribution in [1.29, 1.82) is 0 Å². The Labute approximate surface area is 240 Å². The number of carbonyl (C=O) groups excluding carboxylic acids is 2. The Hall–Kier alpha value is -4.48. The molecular formula is C30H28FN7O2S. The summed E-state index contributed by atoms with van der Waals surface area (Å²) in [5.41, 5.74) is 2.49. The molecule has 2 aromatic carbocycles. The number of nitrogens with one attached hydrogen (secondary N) is 2. The standard InChI is InChI=1S/C30H28FN7O2S/c1-32-29(39)20-6-3-5-19(13-20)27-15-23-26(41-27)10-12-34-28(23)38(21-7-4-11-33-16-21)30(40)22-9-8-18(14-24(22)31)25-17-37(2)36-35-25/h3,5-6,8-10,12-15,17,21,33H,4,7,11,16H2,1-2H3,(H,32,39)/t21-/m1/s1. The van der Waals surface area contributed by atoms with Crippen molar-refractivity contribution in [3.8, 4) is 21.7 Å². The average Bonchev–Trinajstić information content (AvgIpc) is 3.64. The van der Waals surface area contributed by atoms with Crippen LogP contribution < -0.4 is 15.5 Å². The third-order valence-corrected chi connectivity index (χ3v) is 8.39. The van der Waals surface area contributed by atoms with Gasteiger partial charge in [-0.25, -0.2) is 9.37 Å². The number of fused-ring (bicyclic) bond motifs is 1. The van der Waals surface area contributed by atoms with Gasteiger partial charge in [-0.2, -0.15) is 0 Å². The van der Waals surface area contributed by atoms with Crippen molar-refractivity contribution in [2.45, 2.75) is 18.9 Å². The van der Waals surface area contributed by atoms with Crippen molar-refractivity contribution in [3.63, 3.8) is 0 Å². The molecule has 0 radical (unpaired) electrons. The molecule has 0 unspecified atom stereocenters. The van der Waals surface area contributed by atoms with Gasteiger partial charge in [-0.15, -0.1) is 16.4 Å². The maximum Gasteiger partial charge on any atom is 0.262 e. The molecule has 1 saturated heterocycles. The highest BCUT2D eigenvalue weighted by Crippen LogP contribution is 2.39. The lowest BCUT2D eigenvalue weighted by Gasteiger charge is -2.34. The van der Waals surface area contributed by atoms with Gasteiger partial charge in [0, 0.05) is 52.9 Å². The highest BCUT2D eigenvalue weighted by Gasteiger charge is 2.32. The number of benzene rings is 2. The Morgan fingerprint density at radius 1 is 1.15 bits per heavy atom. The zero-order valence-electron chi connectivity index (χ0n) is 22.6. The number of pyridine rings is 1. The van der Waals surface area contributed by atoms with Crippen molar-refractivity contribution < 1.29 is 14.0 Å². The fraction of sp³-hybridized carbons (Fsp3) is 0.233. The average molecular weight is 570 g/mol. The van der Waals surface area contributed by atoms with Crippen LogP contribution in [0.5, 0.6) is 0 Å². The summed E-state index contributed by atoms with van der Waals surface area (Å²) in [5, 5.41) is 14.8. The number of piperidine rings is 1. The minimum Gasteiger partial charge on any atom is -0.355 e. The van der Waals surface area contributed by atoms with E-state index in [4.69, 9.17) is 0 Å². The smallest absolute Gasteiger partial charge is 0.262 e. The number of aryl methyl sites for hydroxylation is 1. The molecule has 208 valence electrons. The number of amides is 2. The number of rotatable bonds is 6. The van der Waals surface area contributed by atoms with Crippen molar-refractivity contribution in [2.24, 2.45) is 7.05 Å². The number of nitrogens with zero attached hydrogens (tertiary/aromatic N) is 5.